The van der Waals surface area contributed by atoms with Crippen LogP contribution in [0.2, 0.25) is 0 Å². The van der Waals surface area contributed by atoms with Crippen molar-refractivity contribution in [2.45, 2.75) is 43.7 Å². The average molecular weight is 415 g/mol. The number of carbonyl (C=O) groups excluding carboxylic acids is 2. The monoisotopic (exact) mass is 415 g/mol. The van der Waals surface area contributed by atoms with E-state index in [0.29, 0.717) is 0 Å². The molecule has 0 saturated heterocycles. The predicted octanol–water partition coefficient (Wildman–Crippen LogP) is 1.32. The van der Waals surface area contributed by atoms with E-state index in [1.54, 1.807) is 0 Å². The molecule has 0 aliphatic heterocycles. The van der Waals surface area contributed by atoms with E-state index in [1.807, 2.05) is 4.72 Å². The molecule has 2 aromatic rings. The van der Waals surface area contributed by atoms with Crippen LogP contribution in [0.4, 0.5) is 10.5 Å². The Kier molecular flexibility index (Phi) is 4.95. The van der Waals surface area contributed by atoms with Gasteiger partial charge in [0.15, 0.2) is 0 Å². The van der Waals surface area contributed by atoms with Gasteiger partial charge in [0.1, 0.15) is 0 Å². The molecule has 10 heteroatoms. The molecule has 0 unspecified atom stereocenters. The molecule has 9 nitrogen and oxygen atoms in total. The average Bonchev–Trinajstić information content (AvgIpc) is 3.36. The van der Waals surface area contributed by atoms with Crippen LogP contribution in [0.5, 0.6) is 0 Å². The Morgan fingerprint density at radius 3 is 2.10 bits per heavy atom. The first-order valence-electron chi connectivity index (χ1n) is 9.43. The van der Waals surface area contributed by atoms with Crippen LogP contribution < -0.4 is 15.4 Å². The fourth-order valence-electron chi connectivity index (χ4n) is 3.99. The maximum absolute atomic E-state index is 12.5. The second-order valence-electron chi connectivity index (χ2n) is 7.13. The molecule has 0 atom stereocenters. The van der Waals surface area contributed by atoms with Gasteiger partial charge in [-0.15, -0.1) is 0 Å². The molecule has 0 saturated carbocycles. The highest BCUT2D eigenvalue weighted by Gasteiger charge is 2.27. The van der Waals surface area contributed by atoms with Crippen molar-refractivity contribution in [1.29, 1.82) is 0 Å². The third-order valence-electron chi connectivity index (χ3n) is 5.30. The molecule has 0 spiro atoms. The predicted molar refractivity (Wildman–Crippen MR) is 105 cm³/mol. The third-order valence-corrected chi connectivity index (χ3v) is 6.44. The summed E-state index contributed by atoms with van der Waals surface area (Å²) in [5, 5.41) is 4.57. The van der Waals surface area contributed by atoms with Gasteiger partial charge in [-0.2, -0.15) is 8.42 Å². The first kappa shape index (κ1) is 19.3. The molecule has 3 amide bonds. The van der Waals surface area contributed by atoms with Gasteiger partial charge >= 0.3 is 16.1 Å². The zero-order valence-electron chi connectivity index (χ0n) is 15.9. The summed E-state index contributed by atoms with van der Waals surface area (Å²) in [4.78, 5) is 31.4. The standard InChI is InChI=1S/C19H21N5O4S/c1-20-17(25)13-9-21-19(22-10-13)29(27,28)24-18(26)23-16-14-6-2-4-11(14)8-12-5-3-7-15(12)16/h8-10H,2-7H2,1H3,(H,20,25)(H2,23,24,26). The number of nitrogens with one attached hydrogen (secondary N) is 3. The highest BCUT2D eigenvalue weighted by atomic mass is 32.2. The molecule has 0 fully saturated rings. The summed E-state index contributed by atoms with van der Waals surface area (Å²) in [6.07, 6.45) is 7.93. The van der Waals surface area contributed by atoms with Crippen LogP contribution in [-0.4, -0.2) is 37.4 Å². The van der Waals surface area contributed by atoms with Gasteiger partial charge in [-0.25, -0.2) is 19.5 Å². The minimum atomic E-state index is -4.27. The molecular weight excluding hydrogens is 394 g/mol. The van der Waals surface area contributed by atoms with Crippen LogP contribution in [0, 0.1) is 0 Å². The van der Waals surface area contributed by atoms with Crippen molar-refractivity contribution < 1.29 is 18.0 Å². The quantitative estimate of drug-likeness (QED) is 0.646. The van der Waals surface area contributed by atoms with Crippen molar-refractivity contribution in [2.24, 2.45) is 0 Å². The molecule has 1 aromatic heterocycles. The summed E-state index contributed by atoms with van der Waals surface area (Å²) in [6.45, 7) is 0. The molecule has 4 rings (SSSR count). The maximum Gasteiger partial charge on any atom is 0.333 e. The van der Waals surface area contributed by atoms with Crippen molar-refractivity contribution in [3.8, 4) is 0 Å². The number of hydrogen-bond donors (Lipinski definition) is 3. The highest BCUT2D eigenvalue weighted by molar-refractivity contribution is 7.89. The fourth-order valence-corrected chi connectivity index (χ4v) is 4.76. The number of anilines is 1. The summed E-state index contributed by atoms with van der Waals surface area (Å²) in [7, 11) is -2.83. The zero-order chi connectivity index (χ0) is 20.6. The molecule has 29 heavy (non-hydrogen) atoms. The Morgan fingerprint density at radius 1 is 0.966 bits per heavy atom. The highest BCUT2D eigenvalue weighted by Crippen LogP contribution is 2.38. The van der Waals surface area contributed by atoms with Gasteiger partial charge < -0.3 is 10.6 Å². The zero-order valence-corrected chi connectivity index (χ0v) is 16.7. The van der Waals surface area contributed by atoms with Gasteiger partial charge in [-0.1, -0.05) is 6.07 Å². The lowest BCUT2D eigenvalue weighted by Crippen LogP contribution is -2.36. The van der Waals surface area contributed by atoms with Crippen LogP contribution in [0.25, 0.3) is 0 Å². The van der Waals surface area contributed by atoms with Gasteiger partial charge in [0.05, 0.1) is 5.56 Å². The number of nitrogens with zero attached hydrogens (tertiary/aromatic N) is 2. The fraction of sp³-hybridized carbons (Fsp3) is 0.368. The number of rotatable bonds is 4. The van der Waals surface area contributed by atoms with Crippen molar-refractivity contribution in [3.63, 3.8) is 0 Å². The van der Waals surface area contributed by atoms with E-state index < -0.39 is 27.1 Å². The largest absolute Gasteiger partial charge is 0.355 e. The Morgan fingerprint density at radius 2 is 1.55 bits per heavy atom. The second kappa shape index (κ2) is 7.43. The SMILES string of the molecule is CNC(=O)c1cnc(S(=O)(=O)NC(=O)Nc2c3c(cc4c2CCC4)CCC3)nc1. The number of aromatic nitrogens is 2. The van der Waals surface area contributed by atoms with Crippen molar-refractivity contribution in [3.05, 3.63) is 46.3 Å². The summed E-state index contributed by atoms with van der Waals surface area (Å²) in [6, 6.07) is 1.38. The van der Waals surface area contributed by atoms with E-state index in [-0.39, 0.29) is 5.56 Å². The Balaban J connectivity index is 1.54. The molecule has 1 heterocycles. The Labute approximate surface area is 168 Å². The minimum absolute atomic E-state index is 0.117. The van der Waals surface area contributed by atoms with Crippen LogP contribution in [0.3, 0.4) is 0 Å². The van der Waals surface area contributed by atoms with Gasteiger partial charge in [0.2, 0.25) is 0 Å². The lowest BCUT2D eigenvalue weighted by molar-refractivity contribution is 0.0962. The van der Waals surface area contributed by atoms with E-state index in [4.69, 9.17) is 0 Å². The number of aryl methyl sites for hydroxylation is 2. The summed E-state index contributed by atoms with van der Waals surface area (Å²) in [5.74, 6) is -0.438. The molecule has 0 bridgehead atoms. The molecule has 152 valence electrons. The number of benzene rings is 1. The Hall–Kier alpha value is -3.01. The number of sulfonamides is 1. The van der Waals surface area contributed by atoms with Crippen molar-refractivity contribution in [2.75, 3.05) is 12.4 Å². The van der Waals surface area contributed by atoms with Crippen molar-refractivity contribution >= 4 is 27.6 Å². The molecule has 2 aliphatic rings. The van der Waals surface area contributed by atoms with Gasteiger partial charge in [0, 0.05) is 25.1 Å². The van der Waals surface area contributed by atoms with Crippen LogP contribution in [-0.2, 0) is 35.7 Å². The third kappa shape index (κ3) is 3.67. The lowest BCUT2D eigenvalue weighted by atomic mass is 9.99. The summed E-state index contributed by atoms with van der Waals surface area (Å²) in [5.41, 5.74) is 5.53. The maximum atomic E-state index is 12.5. The number of urea groups is 1. The van der Waals surface area contributed by atoms with Gasteiger partial charge in [-0.3, -0.25) is 4.79 Å². The van der Waals surface area contributed by atoms with Gasteiger partial charge in [-0.05, 0) is 60.8 Å². The van der Waals surface area contributed by atoms with E-state index >= 15 is 0 Å². The molecule has 3 N–H and O–H groups in total. The topological polar surface area (TPSA) is 130 Å². The number of amides is 3. The smallest absolute Gasteiger partial charge is 0.333 e. The Bertz CT molecular complexity index is 1060. The lowest BCUT2D eigenvalue weighted by Gasteiger charge is -2.16. The van der Waals surface area contributed by atoms with E-state index in [0.717, 1.165) is 67.7 Å². The van der Waals surface area contributed by atoms with Crippen LogP contribution >= 0.6 is 0 Å². The second-order valence-corrected chi connectivity index (χ2v) is 8.70. The minimum Gasteiger partial charge on any atom is -0.355 e. The van der Waals surface area contributed by atoms with Crippen LogP contribution in [0.15, 0.2) is 23.6 Å². The molecule has 0 radical (unpaired) electrons. The molecule has 2 aliphatic carbocycles. The summed E-state index contributed by atoms with van der Waals surface area (Å²) >= 11 is 0. The van der Waals surface area contributed by atoms with E-state index in [1.165, 1.54) is 18.2 Å². The number of hydrogen-bond acceptors (Lipinski definition) is 6. The number of fused-ring (bicyclic) bond motifs is 2. The van der Waals surface area contributed by atoms with E-state index in [2.05, 4.69) is 26.7 Å². The van der Waals surface area contributed by atoms with Crippen LogP contribution in [0.1, 0.15) is 45.5 Å². The van der Waals surface area contributed by atoms with E-state index in [9.17, 15) is 18.0 Å². The van der Waals surface area contributed by atoms with Gasteiger partial charge in [0.25, 0.3) is 11.1 Å². The first-order valence-corrected chi connectivity index (χ1v) is 10.9. The number of carbonyl (C=O) groups is 2. The summed E-state index contributed by atoms with van der Waals surface area (Å²) < 4.78 is 26.9. The molecule has 1 aromatic carbocycles. The normalized spacial score (nSPS) is 14.8. The van der Waals surface area contributed by atoms with Crippen molar-refractivity contribution in [1.82, 2.24) is 20.0 Å². The first-order chi connectivity index (χ1) is 13.9. The molecular formula is C19H21N5O4S.